The molecule has 18 heavy (non-hydrogen) atoms. The summed E-state index contributed by atoms with van der Waals surface area (Å²) in [4.78, 5) is 3.84. The molecule has 0 aromatic carbocycles. The third-order valence-corrected chi connectivity index (χ3v) is 3.30. The smallest absolute Gasteiger partial charge is 0.367 e. The number of anilines is 1. The van der Waals surface area contributed by atoms with Crippen molar-refractivity contribution in [3.8, 4) is 0 Å². The van der Waals surface area contributed by atoms with Crippen LogP contribution in [0.5, 0.6) is 0 Å². The van der Waals surface area contributed by atoms with Crippen LogP contribution in [0.2, 0.25) is 0 Å². The molecule has 0 spiro atoms. The van der Waals surface area contributed by atoms with E-state index in [1.54, 1.807) is 0 Å². The van der Waals surface area contributed by atoms with E-state index in [2.05, 4.69) is 10.3 Å². The van der Waals surface area contributed by atoms with Crippen molar-refractivity contribution >= 4 is 5.82 Å². The highest BCUT2D eigenvalue weighted by Crippen LogP contribution is 2.29. The Labute approximate surface area is 105 Å². The Hall–Kier alpha value is -1.26. The van der Waals surface area contributed by atoms with E-state index in [0.29, 0.717) is 11.9 Å². The molecular formula is C13H17F3N2. The zero-order chi connectivity index (χ0) is 13.0. The van der Waals surface area contributed by atoms with Gasteiger partial charge in [0.15, 0.2) is 0 Å². The van der Waals surface area contributed by atoms with E-state index in [-0.39, 0.29) is 0 Å². The summed E-state index contributed by atoms with van der Waals surface area (Å²) in [6.45, 7) is 0. The van der Waals surface area contributed by atoms with E-state index < -0.39 is 11.7 Å². The van der Waals surface area contributed by atoms with E-state index in [0.717, 1.165) is 25.1 Å². The zero-order valence-electron chi connectivity index (χ0n) is 10.1. The molecule has 1 N–H and O–H groups in total. The van der Waals surface area contributed by atoms with Gasteiger partial charge < -0.3 is 5.32 Å². The highest BCUT2D eigenvalue weighted by molar-refractivity contribution is 5.37. The molecule has 1 heterocycles. The number of hydrogen-bond donors (Lipinski definition) is 1. The van der Waals surface area contributed by atoms with Gasteiger partial charge in [0.2, 0.25) is 0 Å². The van der Waals surface area contributed by atoms with Gasteiger partial charge in [0.1, 0.15) is 5.82 Å². The number of aromatic nitrogens is 1. The Balaban J connectivity index is 1.97. The van der Waals surface area contributed by atoms with Gasteiger partial charge in [-0.25, -0.2) is 4.98 Å². The van der Waals surface area contributed by atoms with Crippen molar-refractivity contribution < 1.29 is 13.2 Å². The van der Waals surface area contributed by atoms with Gasteiger partial charge in [0, 0.05) is 12.2 Å². The molecule has 1 saturated carbocycles. The SMILES string of the molecule is FC(F)(F)c1ccc(NC2CCCCCC2)nc1. The second-order valence-corrected chi connectivity index (χ2v) is 4.76. The molecule has 2 rings (SSSR count). The number of alkyl halides is 3. The van der Waals surface area contributed by atoms with Gasteiger partial charge in [-0.3, -0.25) is 0 Å². The summed E-state index contributed by atoms with van der Waals surface area (Å²) in [6, 6.07) is 2.83. The molecule has 1 aromatic rings. The first-order chi connectivity index (χ1) is 8.55. The van der Waals surface area contributed by atoms with Gasteiger partial charge in [0.25, 0.3) is 0 Å². The van der Waals surface area contributed by atoms with Crippen LogP contribution in [-0.2, 0) is 6.18 Å². The lowest BCUT2D eigenvalue weighted by molar-refractivity contribution is -0.137. The maximum atomic E-state index is 12.4. The topological polar surface area (TPSA) is 24.9 Å². The fourth-order valence-electron chi connectivity index (χ4n) is 2.28. The van der Waals surface area contributed by atoms with Gasteiger partial charge in [-0.1, -0.05) is 25.7 Å². The molecule has 1 aromatic heterocycles. The first-order valence-electron chi connectivity index (χ1n) is 6.35. The third-order valence-electron chi connectivity index (χ3n) is 3.30. The average molecular weight is 258 g/mol. The normalized spacial score (nSPS) is 18.4. The second kappa shape index (κ2) is 5.59. The maximum absolute atomic E-state index is 12.4. The quantitative estimate of drug-likeness (QED) is 0.803. The molecule has 0 radical (unpaired) electrons. The number of rotatable bonds is 2. The van der Waals surface area contributed by atoms with Crippen LogP contribution in [0.15, 0.2) is 18.3 Å². The van der Waals surface area contributed by atoms with Crippen LogP contribution in [0, 0.1) is 0 Å². The molecule has 1 aliphatic rings. The molecule has 0 unspecified atom stereocenters. The predicted molar refractivity (Wildman–Crippen MR) is 64.4 cm³/mol. The number of halogens is 3. The summed E-state index contributed by atoms with van der Waals surface area (Å²) < 4.78 is 37.1. The minimum absolute atomic E-state index is 0.344. The number of nitrogens with zero attached hydrogens (tertiary/aromatic N) is 1. The monoisotopic (exact) mass is 258 g/mol. The van der Waals surface area contributed by atoms with Crippen molar-refractivity contribution in [3.05, 3.63) is 23.9 Å². The Morgan fingerprint density at radius 3 is 2.22 bits per heavy atom. The van der Waals surface area contributed by atoms with Crippen LogP contribution in [0.3, 0.4) is 0 Å². The van der Waals surface area contributed by atoms with Crippen molar-refractivity contribution in [2.24, 2.45) is 0 Å². The lowest BCUT2D eigenvalue weighted by atomic mass is 10.1. The molecule has 2 nitrogen and oxygen atoms in total. The zero-order valence-corrected chi connectivity index (χ0v) is 10.1. The standard InChI is InChI=1S/C13H17F3N2/c14-13(15,16)10-7-8-12(17-9-10)18-11-5-3-1-2-4-6-11/h7-9,11H,1-6H2,(H,17,18). The molecule has 5 heteroatoms. The van der Waals surface area contributed by atoms with E-state index >= 15 is 0 Å². The highest BCUT2D eigenvalue weighted by atomic mass is 19.4. The minimum atomic E-state index is -4.31. The predicted octanol–water partition coefficient (Wildman–Crippen LogP) is 4.24. The Kier molecular flexibility index (Phi) is 4.09. The molecule has 0 atom stereocenters. The molecule has 100 valence electrons. The van der Waals surface area contributed by atoms with E-state index in [1.165, 1.54) is 31.7 Å². The Bertz CT molecular complexity index is 365. The number of nitrogens with one attached hydrogen (secondary N) is 1. The summed E-state index contributed by atoms with van der Waals surface area (Å²) in [5.74, 6) is 0.537. The van der Waals surface area contributed by atoms with Crippen molar-refractivity contribution in [3.63, 3.8) is 0 Å². The van der Waals surface area contributed by atoms with Crippen LogP contribution in [-0.4, -0.2) is 11.0 Å². The van der Waals surface area contributed by atoms with Crippen LogP contribution < -0.4 is 5.32 Å². The summed E-state index contributed by atoms with van der Waals surface area (Å²) in [7, 11) is 0. The fraction of sp³-hybridized carbons (Fsp3) is 0.615. The lowest BCUT2D eigenvalue weighted by Crippen LogP contribution is -2.19. The molecule has 0 bridgehead atoms. The van der Waals surface area contributed by atoms with Gasteiger partial charge in [-0.05, 0) is 25.0 Å². The average Bonchev–Trinajstić information content (AvgIpc) is 2.57. The summed E-state index contributed by atoms with van der Waals surface area (Å²) in [5, 5.41) is 3.22. The van der Waals surface area contributed by atoms with Gasteiger partial charge >= 0.3 is 6.18 Å². The second-order valence-electron chi connectivity index (χ2n) is 4.76. The minimum Gasteiger partial charge on any atom is -0.367 e. The Morgan fingerprint density at radius 2 is 1.72 bits per heavy atom. The highest BCUT2D eigenvalue weighted by Gasteiger charge is 2.30. The van der Waals surface area contributed by atoms with Crippen molar-refractivity contribution in [1.29, 1.82) is 0 Å². The first kappa shape index (κ1) is 13.2. The summed E-state index contributed by atoms with van der Waals surface area (Å²) >= 11 is 0. The van der Waals surface area contributed by atoms with Crippen LogP contribution in [0.1, 0.15) is 44.1 Å². The van der Waals surface area contributed by atoms with Crippen molar-refractivity contribution in [1.82, 2.24) is 4.98 Å². The van der Waals surface area contributed by atoms with E-state index in [4.69, 9.17) is 0 Å². The Morgan fingerprint density at radius 1 is 1.06 bits per heavy atom. The molecule has 1 fully saturated rings. The molecule has 1 aliphatic carbocycles. The van der Waals surface area contributed by atoms with Gasteiger partial charge in [-0.2, -0.15) is 13.2 Å². The lowest BCUT2D eigenvalue weighted by Gasteiger charge is -2.17. The first-order valence-corrected chi connectivity index (χ1v) is 6.35. The van der Waals surface area contributed by atoms with Crippen molar-refractivity contribution in [2.45, 2.75) is 50.7 Å². The molecule has 0 aliphatic heterocycles. The maximum Gasteiger partial charge on any atom is 0.417 e. The van der Waals surface area contributed by atoms with Crippen LogP contribution in [0.25, 0.3) is 0 Å². The summed E-state index contributed by atoms with van der Waals surface area (Å²) in [6.07, 6.45) is 3.58. The third kappa shape index (κ3) is 3.62. The largest absolute Gasteiger partial charge is 0.417 e. The van der Waals surface area contributed by atoms with Crippen LogP contribution in [0.4, 0.5) is 19.0 Å². The molecular weight excluding hydrogens is 241 g/mol. The molecule has 0 amide bonds. The van der Waals surface area contributed by atoms with Gasteiger partial charge in [0.05, 0.1) is 5.56 Å². The summed E-state index contributed by atoms with van der Waals surface area (Å²) in [5.41, 5.74) is -0.700. The molecule has 0 saturated heterocycles. The number of pyridine rings is 1. The van der Waals surface area contributed by atoms with E-state index in [1.807, 2.05) is 0 Å². The van der Waals surface area contributed by atoms with Crippen LogP contribution >= 0.6 is 0 Å². The van der Waals surface area contributed by atoms with E-state index in [9.17, 15) is 13.2 Å². The van der Waals surface area contributed by atoms with Gasteiger partial charge in [-0.15, -0.1) is 0 Å². The van der Waals surface area contributed by atoms with Crippen molar-refractivity contribution in [2.75, 3.05) is 5.32 Å². The fourth-order valence-corrected chi connectivity index (χ4v) is 2.28. The number of hydrogen-bond acceptors (Lipinski definition) is 2.